The van der Waals surface area contributed by atoms with Crippen LogP contribution in [0.2, 0.25) is 0 Å². The summed E-state index contributed by atoms with van der Waals surface area (Å²) in [6.07, 6.45) is 0.285. The fraction of sp³-hybridized carbons (Fsp3) is 0.385. The molecule has 0 bridgehead atoms. The number of hydrogen-bond donors (Lipinski definition) is 0. The summed E-state index contributed by atoms with van der Waals surface area (Å²) in [6, 6.07) is 5.18. The van der Waals surface area contributed by atoms with E-state index in [-0.39, 0.29) is 24.1 Å². The summed E-state index contributed by atoms with van der Waals surface area (Å²) in [5.41, 5.74) is 2.28. The first-order valence-electron chi connectivity index (χ1n) is 5.54. The summed E-state index contributed by atoms with van der Waals surface area (Å²) >= 11 is 8.83. The molecule has 0 saturated heterocycles. The highest BCUT2D eigenvalue weighted by molar-refractivity contribution is 9.08. The van der Waals surface area contributed by atoms with Crippen LogP contribution in [0.15, 0.2) is 18.2 Å². The lowest BCUT2D eigenvalue weighted by atomic mass is 10.0. The summed E-state index contributed by atoms with van der Waals surface area (Å²) in [6.45, 7) is 2.10. The van der Waals surface area contributed by atoms with E-state index < -0.39 is 0 Å². The third kappa shape index (κ3) is 4.10. The predicted octanol–water partition coefficient (Wildman–Crippen LogP) is 3.11. The summed E-state index contributed by atoms with van der Waals surface area (Å²) in [5, 5.41) is 0.575. The number of rotatable bonds is 6. The van der Waals surface area contributed by atoms with Crippen LogP contribution in [-0.2, 0) is 21.3 Å². The van der Waals surface area contributed by atoms with Crippen molar-refractivity contribution in [1.82, 2.24) is 0 Å². The van der Waals surface area contributed by atoms with Crippen LogP contribution < -0.4 is 0 Å². The van der Waals surface area contributed by atoms with Crippen molar-refractivity contribution in [3.05, 3.63) is 34.9 Å². The zero-order valence-electron chi connectivity index (χ0n) is 10.0. The maximum Gasteiger partial charge on any atom is 0.338 e. The van der Waals surface area contributed by atoms with Gasteiger partial charge in [0.1, 0.15) is 0 Å². The van der Waals surface area contributed by atoms with E-state index in [1.807, 2.05) is 0 Å². The number of halogens is 2. The molecule has 0 N–H and O–H groups in total. The molecule has 0 aromatic heterocycles. The van der Waals surface area contributed by atoms with Crippen molar-refractivity contribution in [3.8, 4) is 0 Å². The lowest BCUT2D eigenvalue weighted by Gasteiger charge is -2.08. The molecule has 1 aromatic carbocycles. The van der Waals surface area contributed by atoms with E-state index in [9.17, 15) is 9.59 Å². The maximum absolute atomic E-state index is 11.6. The molecule has 0 fully saturated rings. The number of ketones is 1. The standard InChI is InChI=1S/C13H14BrClO3/c1-2-18-13(17)10-4-3-9(6-12(16)8-15)11(5-10)7-14/h3-5H,2,6-8H2,1H3. The van der Waals surface area contributed by atoms with E-state index >= 15 is 0 Å². The quantitative estimate of drug-likeness (QED) is 0.593. The van der Waals surface area contributed by atoms with Crippen LogP contribution >= 0.6 is 27.5 Å². The number of ether oxygens (including phenoxy) is 1. The number of alkyl halides is 2. The Morgan fingerprint density at radius 1 is 1.33 bits per heavy atom. The largest absolute Gasteiger partial charge is 0.462 e. The average Bonchev–Trinajstić information content (AvgIpc) is 2.39. The normalized spacial score (nSPS) is 10.2. The molecule has 0 radical (unpaired) electrons. The van der Waals surface area contributed by atoms with Crippen molar-refractivity contribution in [1.29, 1.82) is 0 Å². The molecule has 0 atom stereocenters. The van der Waals surface area contributed by atoms with Crippen LogP contribution in [0.3, 0.4) is 0 Å². The van der Waals surface area contributed by atoms with Gasteiger partial charge in [-0.1, -0.05) is 22.0 Å². The van der Waals surface area contributed by atoms with E-state index in [0.717, 1.165) is 11.1 Å². The minimum absolute atomic E-state index is 0.00134. The molecule has 18 heavy (non-hydrogen) atoms. The Kier molecular flexibility index (Phi) is 6.36. The van der Waals surface area contributed by atoms with Gasteiger partial charge in [-0.3, -0.25) is 4.79 Å². The number of carbonyl (C=O) groups excluding carboxylic acids is 2. The number of carbonyl (C=O) groups is 2. The minimum Gasteiger partial charge on any atom is -0.462 e. The molecule has 0 aliphatic heterocycles. The van der Waals surface area contributed by atoms with Crippen LogP contribution in [-0.4, -0.2) is 24.2 Å². The van der Waals surface area contributed by atoms with E-state index in [1.165, 1.54) is 0 Å². The highest BCUT2D eigenvalue weighted by Crippen LogP contribution is 2.17. The molecule has 1 aromatic rings. The van der Waals surface area contributed by atoms with Crippen LogP contribution in [0, 0.1) is 0 Å². The summed E-state index contributed by atoms with van der Waals surface area (Å²) in [4.78, 5) is 22.9. The molecule has 1 rings (SSSR count). The van der Waals surface area contributed by atoms with Gasteiger partial charge in [-0.15, -0.1) is 11.6 Å². The Labute approximate surface area is 120 Å². The molecule has 0 aliphatic carbocycles. The number of esters is 1. The first kappa shape index (κ1) is 15.2. The number of hydrogen-bond acceptors (Lipinski definition) is 3. The predicted molar refractivity (Wildman–Crippen MR) is 74.5 cm³/mol. The van der Waals surface area contributed by atoms with E-state index in [0.29, 0.717) is 17.5 Å². The molecule has 5 heteroatoms. The third-order valence-corrected chi connectivity index (χ3v) is 3.30. The van der Waals surface area contributed by atoms with Gasteiger partial charge in [-0.25, -0.2) is 4.79 Å². The highest BCUT2D eigenvalue weighted by Gasteiger charge is 2.11. The highest BCUT2D eigenvalue weighted by atomic mass is 79.9. The molecule has 0 unspecified atom stereocenters. The zero-order valence-corrected chi connectivity index (χ0v) is 12.4. The summed E-state index contributed by atoms with van der Waals surface area (Å²) in [5.74, 6) is -0.390. The van der Waals surface area contributed by atoms with Crippen LogP contribution in [0.4, 0.5) is 0 Å². The fourth-order valence-corrected chi connectivity index (χ4v) is 2.14. The molecular weight excluding hydrogens is 319 g/mol. The molecule has 0 aliphatic rings. The second-order valence-electron chi connectivity index (χ2n) is 3.69. The van der Waals surface area contributed by atoms with Crippen LogP contribution in [0.1, 0.15) is 28.4 Å². The molecule has 98 valence electrons. The molecule has 0 saturated carbocycles. The Hall–Kier alpha value is -0.870. The SMILES string of the molecule is CCOC(=O)c1ccc(CC(=O)CCl)c(CBr)c1. The van der Waals surface area contributed by atoms with Gasteiger partial charge < -0.3 is 4.74 Å². The topological polar surface area (TPSA) is 43.4 Å². The Morgan fingerprint density at radius 3 is 2.61 bits per heavy atom. The molecule has 0 heterocycles. The first-order chi connectivity index (χ1) is 8.62. The van der Waals surface area contributed by atoms with Gasteiger partial charge in [-0.2, -0.15) is 0 Å². The van der Waals surface area contributed by atoms with E-state index in [2.05, 4.69) is 15.9 Å². The van der Waals surface area contributed by atoms with Crippen molar-refractivity contribution in [2.45, 2.75) is 18.7 Å². The second kappa shape index (κ2) is 7.54. The smallest absolute Gasteiger partial charge is 0.338 e. The van der Waals surface area contributed by atoms with Gasteiger partial charge in [0.25, 0.3) is 0 Å². The van der Waals surface area contributed by atoms with Crippen molar-refractivity contribution < 1.29 is 14.3 Å². The van der Waals surface area contributed by atoms with Crippen LogP contribution in [0.5, 0.6) is 0 Å². The monoisotopic (exact) mass is 332 g/mol. The van der Waals surface area contributed by atoms with E-state index in [4.69, 9.17) is 16.3 Å². The van der Waals surface area contributed by atoms with Crippen molar-refractivity contribution in [3.63, 3.8) is 0 Å². The third-order valence-electron chi connectivity index (χ3n) is 2.40. The van der Waals surface area contributed by atoms with Crippen molar-refractivity contribution >= 4 is 39.3 Å². The Balaban J connectivity index is 2.96. The van der Waals surface area contributed by atoms with Gasteiger partial charge in [0.05, 0.1) is 18.1 Å². The lowest BCUT2D eigenvalue weighted by molar-refractivity contribution is -0.116. The van der Waals surface area contributed by atoms with Crippen molar-refractivity contribution in [2.75, 3.05) is 12.5 Å². The molecular formula is C13H14BrClO3. The molecule has 0 amide bonds. The lowest BCUT2D eigenvalue weighted by Crippen LogP contribution is -2.09. The average molecular weight is 334 g/mol. The van der Waals surface area contributed by atoms with Gasteiger partial charge in [-0.05, 0) is 30.2 Å². The zero-order chi connectivity index (χ0) is 13.5. The van der Waals surface area contributed by atoms with E-state index in [1.54, 1.807) is 25.1 Å². The Morgan fingerprint density at radius 2 is 2.06 bits per heavy atom. The van der Waals surface area contributed by atoms with Crippen LogP contribution in [0.25, 0.3) is 0 Å². The summed E-state index contributed by atoms with van der Waals surface area (Å²) in [7, 11) is 0. The molecule has 0 spiro atoms. The minimum atomic E-state index is -0.352. The summed E-state index contributed by atoms with van der Waals surface area (Å²) < 4.78 is 4.93. The second-order valence-corrected chi connectivity index (χ2v) is 4.51. The Bertz CT molecular complexity index is 446. The van der Waals surface area contributed by atoms with Crippen molar-refractivity contribution in [2.24, 2.45) is 0 Å². The maximum atomic E-state index is 11.6. The number of Topliss-reactive ketones (excluding diaryl/α,β-unsaturated/α-hetero) is 1. The van der Waals surface area contributed by atoms with Gasteiger partial charge in [0.2, 0.25) is 0 Å². The van der Waals surface area contributed by atoms with Gasteiger partial charge in [0, 0.05) is 11.8 Å². The molecule has 3 nitrogen and oxygen atoms in total. The fourth-order valence-electron chi connectivity index (χ4n) is 1.52. The van der Waals surface area contributed by atoms with Gasteiger partial charge in [0.15, 0.2) is 5.78 Å². The first-order valence-corrected chi connectivity index (χ1v) is 7.20. The number of benzene rings is 1. The van der Waals surface area contributed by atoms with Gasteiger partial charge >= 0.3 is 5.97 Å².